The van der Waals surface area contributed by atoms with Gasteiger partial charge >= 0.3 is 0 Å². The summed E-state index contributed by atoms with van der Waals surface area (Å²) in [5, 5.41) is 0. The number of fused-ring (bicyclic) bond motifs is 2. The molecular formula is C18H21NNaO3S2. The Balaban J connectivity index is 0.00000225. The van der Waals surface area contributed by atoms with Crippen molar-refractivity contribution in [1.82, 2.24) is 0 Å². The Labute approximate surface area is 176 Å². The molecule has 0 aliphatic carbocycles. The summed E-state index contributed by atoms with van der Waals surface area (Å²) in [6.07, 6.45) is 3.26. The molecule has 1 aliphatic rings. The van der Waals surface area contributed by atoms with Crippen LogP contribution in [0, 0.1) is 0 Å². The first kappa shape index (κ1) is 20.8. The van der Waals surface area contributed by atoms with Crippen LogP contribution in [0.3, 0.4) is 0 Å². The van der Waals surface area contributed by atoms with Gasteiger partial charge in [0, 0.05) is 45.9 Å². The molecule has 25 heavy (non-hydrogen) atoms. The van der Waals surface area contributed by atoms with Gasteiger partial charge in [0.15, 0.2) is 0 Å². The molecule has 1 heterocycles. The van der Waals surface area contributed by atoms with Crippen LogP contribution in [-0.4, -0.2) is 54.8 Å². The fourth-order valence-corrected chi connectivity index (χ4v) is 4.59. The molecule has 0 aromatic heterocycles. The Morgan fingerprint density at radius 2 is 1.36 bits per heavy atom. The van der Waals surface area contributed by atoms with Crippen molar-refractivity contribution >= 4 is 62.8 Å². The van der Waals surface area contributed by atoms with Gasteiger partial charge in [-0.3, -0.25) is 4.55 Å². The molecule has 2 aromatic rings. The maximum atomic E-state index is 10.7. The zero-order chi connectivity index (χ0) is 17.0. The van der Waals surface area contributed by atoms with E-state index in [2.05, 4.69) is 53.4 Å². The van der Waals surface area contributed by atoms with E-state index in [-0.39, 0.29) is 35.3 Å². The van der Waals surface area contributed by atoms with Crippen molar-refractivity contribution in [2.75, 3.05) is 17.2 Å². The predicted molar refractivity (Wildman–Crippen MR) is 105 cm³/mol. The van der Waals surface area contributed by atoms with E-state index in [1.165, 1.54) is 21.2 Å². The molecule has 3 rings (SSSR count). The molecule has 0 unspecified atom stereocenters. The molecule has 0 spiro atoms. The first-order valence-corrected chi connectivity index (χ1v) is 10.6. The molecule has 1 N–H and O–H groups in total. The third kappa shape index (κ3) is 5.74. The van der Waals surface area contributed by atoms with E-state index >= 15 is 0 Å². The Bertz CT molecular complexity index is 766. The molecule has 7 heteroatoms. The van der Waals surface area contributed by atoms with E-state index < -0.39 is 10.1 Å². The van der Waals surface area contributed by atoms with E-state index in [4.69, 9.17) is 4.55 Å². The van der Waals surface area contributed by atoms with Gasteiger partial charge in [-0.2, -0.15) is 8.42 Å². The average Bonchev–Trinajstić information content (AvgIpc) is 2.56. The second-order valence-corrected chi connectivity index (χ2v) is 8.55. The van der Waals surface area contributed by atoms with Crippen LogP contribution in [0.4, 0.5) is 11.4 Å². The summed E-state index contributed by atoms with van der Waals surface area (Å²) in [6.45, 7) is 0.903. The Morgan fingerprint density at radius 3 is 1.92 bits per heavy atom. The topological polar surface area (TPSA) is 57.6 Å². The van der Waals surface area contributed by atoms with Gasteiger partial charge in [-0.05, 0) is 37.1 Å². The third-order valence-corrected chi connectivity index (χ3v) is 6.00. The van der Waals surface area contributed by atoms with Crippen LogP contribution in [0.1, 0.15) is 25.7 Å². The number of hydrogen-bond acceptors (Lipinski definition) is 4. The minimum Gasteiger partial charge on any atom is -0.340 e. The van der Waals surface area contributed by atoms with Crippen molar-refractivity contribution in [2.45, 2.75) is 35.5 Å². The van der Waals surface area contributed by atoms with Crippen molar-refractivity contribution in [2.24, 2.45) is 0 Å². The van der Waals surface area contributed by atoms with Crippen molar-refractivity contribution in [1.29, 1.82) is 0 Å². The SMILES string of the molecule is O=S(=O)(O)CCCCCCN1c2ccccc2Sc2ccccc21.[Na]. The Morgan fingerprint density at radius 1 is 0.840 bits per heavy atom. The van der Waals surface area contributed by atoms with E-state index in [1.807, 2.05) is 0 Å². The maximum Gasteiger partial charge on any atom is 0.264 e. The average molecular weight is 386 g/mol. The minimum atomic E-state index is -3.82. The van der Waals surface area contributed by atoms with Crippen LogP contribution < -0.4 is 4.90 Å². The second kappa shape index (κ2) is 9.44. The fraction of sp³-hybridized carbons (Fsp3) is 0.333. The Hall–Kier alpha value is -0.500. The number of hydrogen-bond donors (Lipinski definition) is 1. The van der Waals surface area contributed by atoms with Gasteiger partial charge in [0.05, 0.1) is 17.1 Å². The van der Waals surface area contributed by atoms with Gasteiger partial charge in [0.1, 0.15) is 0 Å². The Kier molecular flexibility index (Phi) is 7.86. The summed E-state index contributed by atoms with van der Waals surface area (Å²) in [5.74, 6) is -0.140. The standard InChI is InChI=1S/C18H21NO3S2.Na/c20-24(21,22)14-8-2-1-7-13-19-15-9-3-5-11-17(15)23-18-12-6-4-10-16(18)19;/h3-6,9-12H,1-2,7-8,13-14H2,(H,20,21,22);. The predicted octanol–water partition coefficient (Wildman–Crippen LogP) is 4.36. The molecule has 0 bridgehead atoms. The fourth-order valence-electron chi connectivity index (χ4n) is 2.93. The molecule has 4 nitrogen and oxygen atoms in total. The van der Waals surface area contributed by atoms with Gasteiger partial charge in [-0.1, -0.05) is 48.9 Å². The first-order valence-electron chi connectivity index (χ1n) is 8.13. The van der Waals surface area contributed by atoms with Crippen LogP contribution in [0.2, 0.25) is 0 Å². The summed E-state index contributed by atoms with van der Waals surface area (Å²) in [6, 6.07) is 16.8. The first-order chi connectivity index (χ1) is 11.5. The van der Waals surface area contributed by atoms with Gasteiger partial charge in [0.2, 0.25) is 0 Å². The van der Waals surface area contributed by atoms with Crippen LogP contribution >= 0.6 is 11.8 Å². The van der Waals surface area contributed by atoms with E-state index in [0.717, 1.165) is 25.8 Å². The number of para-hydroxylation sites is 2. The smallest absolute Gasteiger partial charge is 0.264 e. The number of unbranched alkanes of at least 4 members (excludes halogenated alkanes) is 3. The van der Waals surface area contributed by atoms with Crippen LogP contribution in [0.15, 0.2) is 58.3 Å². The summed E-state index contributed by atoms with van der Waals surface area (Å²) in [7, 11) is -3.82. The van der Waals surface area contributed by atoms with Crippen molar-refractivity contribution in [3.63, 3.8) is 0 Å². The molecule has 0 fully saturated rings. The van der Waals surface area contributed by atoms with Crippen molar-refractivity contribution in [3.8, 4) is 0 Å². The minimum absolute atomic E-state index is 0. The summed E-state index contributed by atoms with van der Waals surface area (Å²) in [5.41, 5.74) is 2.47. The molecule has 2 aromatic carbocycles. The largest absolute Gasteiger partial charge is 0.340 e. The van der Waals surface area contributed by atoms with Crippen LogP contribution in [0.25, 0.3) is 0 Å². The second-order valence-electron chi connectivity index (χ2n) is 5.89. The van der Waals surface area contributed by atoms with Crippen LogP contribution in [-0.2, 0) is 10.1 Å². The monoisotopic (exact) mass is 386 g/mol. The van der Waals surface area contributed by atoms with Gasteiger partial charge < -0.3 is 4.90 Å². The molecular weight excluding hydrogens is 365 g/mol. The van der Waals surface area contributed by atoms with Gasteiger partial charge in [0.25, 0.3) is 10.1 Å². The summed E-state index contributed by atoms with van der Waals surface area (Å²) < 4.78 is 30.2. The van der Waals surface area contributed by atoms with Gasteiger partial charge in [-0.25, -0.2) is 0 Å². The van der Waals surface area contributed by atoms with E-state index in [0.29, 0.717) is 6.42 Å². The summed E-state index contributed by atoms with van der Waals surface area (Å²) in [4.78, 5) is 4.88. The molecule has 0 saturated carbocycles. The number of benzene rings is 2. The molecule has 129 valence electrons. The van der Waals surface area contributed by atoms with Gasteiger partial charge in [-0.15, -0.1) is 0 Å². The zero-order valence-electron chi connectivity index (χ0n) is 14.4. The molecule has 0 saturated heterocycles. The van der Waals surface area contributed by atoms with Crippen molar-refractivity contribution < 1.29 is 13.0 Å². The molecule has 1 aliphatic heterocycles. The molecule has 0 atom stereocenters. The summed E-state index contributed by atoms with van der Waals surface area (Å²) >= 11 is 1.80. The third-order valence-electron chi connectivity index (χ3n) is 4.07. The zero-order valence-corrected chi connectivity index (χ0v) is 18.0. The van der Waals surface area contributed by atoms with Crippen LogP contribution in [0.5, 0.6) is 0 Å². The quantitative estimate of drug-likeness (QED) is 0.435. The normalized spacial score (nSPS) is 12.9. The molecule has 0 amide bonds. The molecule has 1 radical (unpaired) electrons. The van der Waals surface area contributed by atoms with Crippen molar-refractivity contribution in [3.05, 3.63) is 48.5 Å². The van der Waals surface area contributed by atoms with E-state index in [9.17, 15) is 8.42 Å². The van der Waals surface area contributed by atoms with E-state index in [1.54, 1.807) is 11.8 Å². The number of rotatable bonds is 7. The maximum absolute atomic E-state index is 10.7. The number of nitrogens with zero attached hydrogens (tertiary/aromatic N) is 1. The number of anilines is 2.